The first-order valence-electron chi connectivity index (χ1n) is 8.05. The first-order chi connectivity index (χ1) is 12.1. The standard InChI is InChI=1S/C18H20ClN3O3/c19-14-2-1-3-16(12-14)21-18(24)20-15-6-4-13(5-7-15)17(23)22-8-10-25-11-9-22/h1-7,12,17,23H,8-11H2,(H2,20,21,24). The van der Waals surface area contributed by atoms with Crippen LogP contribution in [0, 0.1) is 0 Å². The molecule has 132 valence electrons. The third-order valence-corrected chi connectivity index (χ3v) is 4.18. The SMILES string of the molecule is O=C(Nc1ccc(C(O)N2CCOCC2)cc1)Nc1cccc(Cl)c1. The highest BCUT2D eigenvalue weighted by Gasteiger charge is 2.20. The number of carbonyl (C=O) groups excluding carboxylic acids is 1. The summed E-state index contributed by atoms with van der Waals surface area (Å²) in [7, 11) is 0. The molecule has 0 aliphatic carbocycles. The number of morpholine rings is 1. The fourth-order valence-corrected chi connectivity index (χ4v) is 2.82. The largest absolute Gasteiger partial charge is 0.379 e. The summed E-state index contributed by atoms with van der Waals surface area (Å²) >= 11 is 5.89. The zero-order chi connectivity index (χ0) is 17.6. The van der Waals surface area contributed by atoms with E-state index < -0.39 is 6.23 Å². The van der Waals surface area contributed by atoms with Gasteiger partial charge in [0, 0.05) is 29.5 Å². The van der Waals surface area contributed by atoms with Crippen LogP contribution in [0.5, 0.6) is 0 Å². The van der Waals surface area contributed by atoms with Crippen molar-refractivity contribution in [1.82, 2.24) is 4.90 Å². The Balaban J connectivity index is 1.57. The van der Waals surface area contributed by atoms with E-state index in [2.05, 4.69) is 10.6 Å². The minimum absolute atomic E-state index is 0.358. The number of hydrogen-bond donors (Lipinski definition) is 3. The van der Waals surface area contributed by atoms with Gasteiger partial charge in [-0.25, -0.2) is 4.79 Å². The summed E-state index contributed by atoms with van der Waals surface area (Å²) in [6.07, 6.45) is -0.668. The molecule has 0 spiro atoms. The molecule has 0 bridgehead atoms. The molecule has 7 heteroatoms. The predicted octanol–water partition coefficient (Wildman–Crippen LogP) is 3.31. The molecule has 1 aliphatic rings. The fraction of sp³-hybridized carbons (Fsp3) is 0.278. The van der Waals surface area contributed by atoms with Crippen LogP contribution in [0.25, 0.3) is 0 Å². The van der Waals surface area contributed by atoms with Gasteiger partial charge in [0.1, 0.15) is 6.23 Å². The number of benzene rings is 2. The van der Waals surface area contributed by atoms with Gasteiger partial charge in [-0.1, -0.05) is 29.8 Å². The second kappa shape index (κ2) is 8.31. The van der Waals surface area contributed by atoms with Crippen LogP contribution in [0.3, 0.4) is 0 Å². The number of aliphatic hydroxyl groups is 1. The van der Waals surface area contributed by atoms with Crippen LogP contribution in [0.1, 0.15) is 11.8 Å². The Bertz CT molecular complexity index is 718. The molecule has 6 nitrogen and oxygen atoms in total. The van der Waals surface area contributed by atoms with E-state index in [0.29, 0.717) is 42.7 Å². The predicted molar refractivity (Wildman–Crippen MR) is 97.9 cm³/mol. The molecule has 25 heavy (non-hydrogen) atoms. The molecule has 1 aliphatic heterocycles. The van der Waals surface area contributed by atoms with E-state index in [0.717, 1.165) is 5.56 Å². The Morgan fingerprint density at radius 2 is 1.76 bits per heavy atom. The van der Waals surface area contributed by atoms with Crippen LogP contribution < -0.4 is 10.6 Å². The fourth-order valence-electron chi connectivity index (χ4n) is 2.63. The summed E-state index contributed by atoms with van der Waals surface area (Å²) in [5.41, 5.74) is 2.03. The molecule has 1 atom stereocenters. The lowest BCUT2D eigenvalue weighted by Gasteiger charge is -2.31. The van der Waals surface area contributed by atoms with Crippen LogP contribution >= 0.6 is 11.6 Å². The number of nitrogens with zero attached hydrogens (tertiary/aromatic N) is 1. The average molecular weight is 362 g/mol. The summed E-state index contributed by atoms with van der Waals surface area (Å²) in [5, 5.41) is 16.4. The van der Waals surface area contributed by atoms with Gasteiger partial charge in [0.25, 0.3) is 0 Å². The van der Waals surface area contributed by atoms with Gasteiger partial charge in [0.05, 0.1) is 13.2 Å². The Morgan fingerprint density at radius 1 is 1.08 bits per heavy atom. The molecule has 1 fully saturated rings. The van der Waals surface area contributed by atoms with Crippen molar-refractivity contribution in [2.45, 2.75) is 6.23 Å². The Hall–Kier alpha value is -2.12. The van der Waals surface area contributed by atoms with Crippen molar-refractivity contribution in [3.63, 3.8) is 0 Å². The molecule has 3 rings (SSSR count). The summed E-state index contributed by atoms with van der Waals surface area (Å²) in [6, 6.07) is 13.7. The zero-order valence-corrected chi connectivity index (χ0v) is 14.4. The number of rotatable bonds is 4. The van der Waals surface area contributed by atoms with E-state index in [1.54, 1.807) is 48.5 Å². The zero-order valence-electron chi connectivity index (χ0n) is 13.6. The maximum Gasteiger partial charge on any atom is 0.323 e. The minimum Gasteiger partial charge on any atom is -0.379 e. The number of amides is 2. The smallest absolute Gasteiger partial charge is 0.323 e. The maximum absolute atomic E-state index is 12.0. The average Bonchev–Trinajstić information content (AvgIpc) is 2.62. The molecule has 0 radical (unpaired) electrons. The topological polar surface area (TPSA) is 73.8 Å². The van der Waals surface area contributed by atoms with E-state index in [1.807, 2.05) is 4.90 Å². The molecule has 0 saturated carbocycles. The molecular formula is C18H20ClN3O3. The van der Waals surface area contributed by atoms with Gasteiger partial charge in [0.15, 0.2) is 0 Å². The quantitative estimate of drug-likeness (QED) is 0.781. The molecule has 1 heterocycles. The number of hydrogen-bond acceptors (Lipinski definition) is 4. The number of halogens is 1. The second-order valence-corrected chi connectivity index (χ2v) is 6.17. The van der Waals surface area contributed by atoms with Crippen molar-refractivity contribution in [3.8, 4) is 0 Å². The first kappa shape index (κ1) is 17.7. The first-order valence-corrected chi connectivity index (χ1v) is 8.43. The second-order valence-electron chi connectivity index (χ2n) is 5.73. The number of ether oxygens (including phenoxy) is 1. The lowest BCUT2D eigenvalue weighted by molar-refractivity contribution is -0.0603. The van der Waals surface area contributed by atoms with Gasteiger partial charge in [0.2, 0.25) is 0 Å². The molecule has 3 N–H and O–H groups in total. The highest BCUT2D eigenvalue weighted by atomic mass is 35.5. The molecule has 1 saturated heterocycles. The van der Waals surface area contributed by atoms with E-state index in [-0.39, 0.29) is 6.03 Å². The van der Waals surface area contributed by atoms with E-state index >= 15 is 0 Å². The summed E-state index contributed by atoms with van der Waals surface area (Å²) in [6.45, 7) is 2.65. The lowest BCUT2D eigenvalue weighted by atomic mass is 10.1. The summed E-state index contributed by atoms with van der Waals surface area (Å²) in [5.74, 6) is 0. The summed E-state index contributed by atoms with van der Waals surface area (Å²) < 4.78 is 5.29. The number of aliphatic hydroxyl groups excluding tert-OH is 1. The highest BCUT2D eigenvalue weighted by molar-refractivity contribution is 6.30. The molecule has 2 aromatic rings. The monoisotopic (exact) mass is 361 g/mol. The number of nitrogens with one attached hydrogen (secondary N) is 2. The van der Waals surface area contributed by atoms with Crippen LogP contribution in [0.15, 0.2) is 48.5 Å². The van der Waals surface area contributed by atoms with Crippen molar-refractivity contribution in [3.05, 3.63) is 59.1 Å². The van der Waals surface area contributed by atoms with Gasteiger partial charge in [-0.3, -0.25) is 4.90 Å². The molecule has 2 amide bonds. The van der Waals surface area contributed by atoms with Crippen molar-refractivity contribution in [2.24, 2.45) is 0 Å². The normalized spacial score (nSPS) is 16.2. The maximum atomic E-state index is 12.0. The Morgan fingerprint density at radius 3 is 2.44 bits per heavy atom. The Labute approximate surface area is 151 Å². The van der Waals surface area contributed by atoms with Gasteiger partial charge in [-0.2, -0.15) is 0 Å². The summed E-state index contributed by atoms with van der Waals surface area (Å²) in [4.78, 5) is 14.0. The lowest BCUT2D eigenvalue weighted by Crippen LogP contribution is -2.39. The van der Waals surface area contributed by atoms with Crippen LogP contribution in [0.2, 0.25) is 5.02 Å². The van der Waals surface area contributed by atoms with Crippen LogP contribution in [-0.2, 0) is 4.74 Å². The van der Waals surface area contributed by atoms with E-state index in [9.17, 15) is 9.90 Å². The molecular weight excluding hydrogens is 342 g/mol. The number of carbonyl (C=O) groups is 1. The van der Waals surface area contributed by atoms with Gasteiger partial charge in [-0.15, -0.1) is 0 Å². The van der Waals surface area contributed by atoms with Crippen LogP contribution in [-0.4, -0.2) is 42.3 Å². The van der Waals surface area contributed by atoms with Gasteiger partial charge >= 0.3 is 6.03 Å². The molecule has 1 unspecified atom stereocenters. The van der Waals surface area contributed by atoms with Crippen molar-refractivity contribution in [1.29, 1.82) is 0 Å². The molecule has 2 aromatic carbocycles. The molecule has 0 aromatic heterocycles. The minimum atomic E-state index is -0.668. The van der Waals surface area contributed by atoms with E-state index in [4.69, 9.17) is 16.3 Å². The van der Waals surface area contributed by atoms with Crippen molar-refractivity contribution >= 4 is 29.0 Å². The van der Waals surface area contributed by atoms with Gasteiger partial charge in [-0.05, 0) is 35.9 Å². The third-order valence-electron chi connectivity index (χ3n) is 3.94. The van der Waals surface area contributed by atoms with Crippen LogP contribution in [0.4, 0.5) is 16.2 Å². The third kappa shape index (κ3) is 4.93. The number of urea groups is 1. The highest BCUT2D eigenvalue weighted by Crippen LogP contribution is 2.21. The Kier molecular flexibility index (Phi) is 5.88. The van der Waals surface area contributed by atoms with Crippen molar-refractivity contribution < 1.29 is 14.6 Å². The van der Waals surface area contributed by atoms with Gasteiger partial charge < -0.3 is 20.5 Å². The van der Waals surface area contributed by atoms with Crippen molar-refractivity contribution in [2.75, 3.05) is 36.9 Å². The number of anilines is 2. The van der Waals surface area contributed by atoms with E-state index in [1.165, 1.54) is 0 Å².